The van der Waals surface area contributed by atoms with E-state index in [0.717, 1.165) is 31.7 Å². The Kier molecular flexibility index (Phi) is 5.06. The second-order valence-electron chi connectivity index (χ2n) is 10.1. The minimum Gasteiger partial charge on any atom is -0.378 e. The van der Waals surface area contributed by atoms with Crippen LogP contribution >= 0.6 is 0 Å². The molecule has 2 bridgehead atoms. The summed E-state index contributed by atoms with van der Waals surface area (Å²) in [6, 6.07) is 3.46. The van der Waals surface area contributed by atoms with Crippen molar-refractivity contribution in [1.82, 2.24) is 20.6 Å². The molecular formula is C23H28F3N5O2. The number of hydrogen-bond donors (Lipinski definition) is 3. The molecule has 1 aromatic carbocycles. The van der Waals surface area contributed by atoms with Crippen LogP contribution in [-0.4, -0.2) is 65.7 Å². The highest BCUT2D eigenvalue weighted by molar-refractivity contribution is 5.91. The van der Waals surface area contributed by atoms with E-state index in [0.29, 0.717) is 44.1 Å². The Labute approximate surface area is 189 Å². The second-order valence-corrected chi connectivity index (χ2v) is 10.1. The smallest absolute Gasteiger partial charge is 0.378 e. The molecule has 4 heterocycles. The normalized spacial score (nSPS) is 31.8. The summed E-state index contributed by atoms with van der Waals surface area (Å²) in [5.41, 5.74) is 0.0135. The molecule has 4 atom stereocenters. The van der Waals surface area contributed by atoms with Crippen LogP contribution in [0.2, 0.25) is 0 Å². The summed E-state index contributed by atoms with van der Waals surface area (Å²) >= 11 is 0. The van der Waals surface area contributed by atoms with Crippen molar-refractivity contribution in [2.75, 3.05) is 31.2 Å². The van der Waals surface area contributed by atoms with Gasteiger partial charge < -0.3 is 20.1 Å². The standard InChI is InChI=1S/C23H28F3N5O2/c24-23(25,26)16-1-2-18(20-19(16)27-5-6-28-20)31-9-17(22(12-31)3-4-22)21(32)30-13-7-14-10-33-11-15(8-13)29-14/h1-2,5-6,13-15,17,21,29-30,32H,3-4,7-12H2. The maximum atomic E-state index is 13.5. The van der Waals surface area contributed by atoms with E-state index in [-0.39, 0.29) is 28.4 Å². The maximum Gasteiger partial charge on any atom is 0.418 e. The third kappa shape index (κ3) is 3.86. The van der Waals surface area contributed by atoms with Gasteiger partial charge in [-0.05, 0) is 43.2 Å². The number of fused-ring (bicyclic) bond motifs is 3. The molecule has 3 aliphatic heterocycles. The zero-order valence-electron chi connectivity index (χ0n) is 18.2. The first kappa shape index (κ1) is 21.5. The number of anilines is 1. The molecule has 6 rings (SSSR count). The Morgan fingerprint density at radius 1 is 1.12 bits per heavy atom. The molecule has 1 aliphatic carbocycles. The van der Waals surface area contributed by atoms with Crippen molar-refractivity contribution in [3.05, 3.63) is 30.1 Å². The number of aliphatic hydroxyl groups is 1. The van der Waals surface area contributed by atoms with Crippen LogP contribution in [0.15, 0.2) is 24.5 Å². The van der Waals surface area contributed by atoms with Gasteiger partial charge in [0.15, 0.2) is 0 Å². The fourth-order valence-electron chi connectivity index (χ4n) is 6.16. The van der Waals surface area contributed by atoms with Gasteiger partial charge in [0.2, 0.25) is 0 Å². The zero-order valence-corrected chi connectivity index (χ0v) is 18.2. The number of hydrogen-bond acceptors (Lipinski definition) is 7. The zero-order chi connectivity index (χ0) is 22.8. The Hall–Kier alpha value is -2.01. The van der Waals surface area contributed by atoms with E-state index in [1.54, 1.807) is 0 Å². The number of nitrogens with one attached hydrogen (secondary N) is 2. The minimum absolute atomic E-state index is 0.00442. The number of morpholine rings is 1. The van der Waals surface area contributed by atoms with Crippen molar-refractivity contribution >= 4 is 16.7 Å². The quantitative estimate of drug-likeness (QED) is 0.601. The first-order valence-corrected chi connectivity index (χ1v) is 11.7. The molecule has 4 unspecified atom stereocenters. The minimum atomic E-state index is -4.49. The SMILES string of the molecule is OC(NC1CC2COCC(C1)N2)C1CN(c2ccc(C(F)(F)F)c3nccnc23)CC12CC2. The van der Waals surface area contributed by atoms with Crippen molar-refractivity contribution in [3.63, 3.8) is 0 Å². The lowest BCUT2D eigenvalue weighted by molar-refractivity contribution is -0.136. The van der Waals surface area contributed by atoms with Gasteiger partial charge in [-0.2, -0.15) is 13.2 Å². The summed E-state index contributed by atoms with van der Waals surface area (Å²) in [6.45, 7) is 2.69. The molecule has 7 nitrogen and oxygen atoms in total. The average Bonchev–Trinajstić information content (AvgIpc) is 3.44. The number of alkyl halides is 3. The van der Waals surface area contributed by atoms with Crippen molar-refractivity contribution in [2.45, 2.75) is 56.2 Å². The van der Waals surface area contributed by atoms with Gasteiger partial charge in [-0.1, -0.05) is 0 Å². The topological polar surface area (TPSA) is 82.5 Å². The number of halogens is 3. The number of piperidine rings is 1. The van der Waals surface area contributed by atoms with Gasteiger partial charge in [-0.3, -0.25) is 15.3 Å². The third-order valence-corrected chi connectivity index (χ3v) is 7.89. The van der Waals surface area contributed by atoms with Crippen molar-refractivity contribution < 1.29 is 23.0 Å². The monoisotopic (exact) mass is 463 g/mol. The lowest BCUT2D eigenvalue weighted by Gasteiger charge is -2.41. The summed E-state index contributed by atoms with van der Waals surface area (Å²) < 4.78 is 46.1. The molecular weight excluding hydrogens is 435 g/mol. The summed E-state index contributed by atoms with van der Waals surface area (Å²) in [7, 11) is 0. The summed E-state index contributed by atoms with van der Waals surface area (Å²) in [6.07, 6.45) is 1.44. The molecule has 3 N–H and O–H groups in total. The molecule has 178 valence electrons. The molecule has 4 aliphatic rings. The van der Waals surface area contributed by atoms with Crippen LogP contribution in [0.5, 0.6) is 0 Å². The highest BCUT2D eigenvalue weighted by Gasteiger charge is 2.57. The summed E-state index contributed by atoms with van der Waals surface area (Å²) in [5, 5.41) is 18.2. The van der Waals surface area contributed by atoms with E-state index in [2.05, 4.69) is 25.5 Å². The first-order chi connectivity index (χ1) is 15.8. The number of benzene rings is 1. The molecule has 1 aromatic heterocycles. The fraction of sp³-hybridized carbons (Fsp3) is 0.652. The van der Waals surface area contributed by atoms with Crippen molar-refractivity contribution in [2.24, 2.45) is 11.3 Å². The molecule has 0 amide bonds. The number of ether oxygens (including phenoxy) is 1. The van der Waals surface area contributed by atoms with E-state index >= 15 is 0 Å². The van der Waals surface area contributed by atoms with Crippen molar-refractivity contribution in [1.29, 1.82) is 0 Å². The van der Waals surface area contributed by atoms with Gasteiger partial charge in [0, 0.05) is 49.5 Å². The Morgan fingerprint density at radius 3 is 2.48 bits per heavy atom. The highest BCUT2D eigenvalue weighted by atomic mass is 19.4. The van der Waals surface area contributed by atoms with Gasteiger partial charge in [-0.15, -0.1) is 0 Å². The molecule has 4 fully saturated rings. The molecule has 3 saturated heterocycles. The first-order valence-electron chi connectivity index (χ1n) is 11.7. The fourth-order valence-corrected chi connectivity index (χ4v) is 6.16. The van der Waals surface area contributed by atoms with E-state index in [1.807, 2.05) is 0 Å². The van der Waals surface area contributed by atoms with E-state index in [9.17, 15) is 18.3 Å². The van der Waals surface area contributed by atoms with Gasteiger partial charge in [0.05, 0.1) is 24.5 Å². The van der Waals surface area contributed by atoms with Crippen LogP contribution in [0, 0.1) is 11.3 Å². The lowest BCUT2D eigenvalue weighted by Crippen LogP contribution is -2.60. The van der Waals surface area contributed by atoms with Gasteiger partial charge in [0.1, 0.15) is 17.3 Å². The third-order valence-electron chi connectivity index (χ3n) is 7.89. The molecule has 0 radical (unpaired) electrons. The molecule has 1 spiro atoms. The van der Waals surface area contributed by atoms with E-state index in [1.165, 1.54) is 18.5 Å². The van der Waals surface area contributed by atoms with Crippen molar-refractivity contribution in [3.8, 4) is 0 Å². The predicted octanol–water partition coefficient (Wildman–Crippen LogP) is 2.29. The number of rotatable bonds is 4. The Balaban J connectivity index is 1.23. The van der Waals surface area contributed by atoms with Crippen LogP contribution < -0.4 is 15.5 Å². The average molecular weight is 464 g/mol. The molecule has 1 saturated carbocycles. The maximum absolute atomic E-state index is 13.5. The molecule has 2 aromatic rings. The van der Waals surface area contributed by atoms with Crippen LogP contribution in [0.25, 0.3) is 11.0 Å². The van der Waals surface area contributed by atoms with Crippen LogP contribution in [-0.2, 0) is 10.9 Å². The largest absolute Gasteiger partial charge is 0.418 e. The van der Waals surface area contributed by atoms with Gasteiger partial charge in [-0.25, -0.2) is 0 Å². The second kappa shape index (κ2) is 7.76. The predicted molar refractivity (Wildman–Crippen MR) is 116 cm³/mol. The lowest BCUT2D eigenvalue weighted by atomic mass is 9.88. The number of aromatic nitrogens is 2. The molecule has 33 heavy (non-hydrogen) atoms. The summed E-state index contributed by atoms with van der Waals surface area (Å²) in [4.78, 5) is 10.4. The van der Waals surface area contributed by atoms with Crippen LogP contribution in [0.1, 0.15) is 31.2 Å². The highest BCUT2D eigenvalue weighted by Crippen LogP contribution is 2.58. The Bertz CT molecular complexity index is 1030. The van der Waals surface area contributed by atoms with Gasteiger partial charge >= 0.3 is 6.18 Å². The van der Waals surface area contributed by atoms with Gasteiger partial charge in [0.25, 0.3) is 0 Å². The summed E-state index contributed by atoms with van der Waals surface area (Å²) in [5.74, 6) is 0.0116. The van der Waals surface area contributed by atoms with Crippen LogP contribution in [0.3, 0.4) is 0 Å². The number of aliphatic hydroxyl groups excluding tert-OH is 1. The molecule has 10 heteroatoms. The van der Waals surface area contributed by atoms with E-state index in [4.69, 9.17) is 4.74 Å². The Morgan fingerprint density at radius 2 is 1.82 bits per heavy atom. The van der Waals surface area contributed by atoms with Crippen LogP contribution in [0.4, 0.5) is 18.9 Å². The van der Waals surface area contributed by atoms with E-state index < -0.39 is 18.0 Å². The number of nitrogens with zero attached hydrogens (tertiary/aromatic N) is 3.